The smallest absolute Gasteiger partial charge is 0.221 e. The summed E-state index contributed by atoms with van der Waals surface area (Å²) < 4.78 is 5.59. The van der Waals surface area contributed by atoms with Crippen LogP contribution in [0.3, 0.4) is 0 Å². The van der Waals surface area contributed by atoms with Crippen LogP contribution in [0.5, 0.6) is 5.75 Å². The second kappa shape index (κ2) is 7.24. The number of ether oxygens (including phenoxy) is 1. The maximum absolute atomic E-state index is 11.9. The van der Waals surface area contributed by atoms with Gasteiger partial charge in [0.2, 0.25) is 5.91 Å². The summed E-state index contributed by atoms with van der Waals surface area (Å²) in [7, 11) is 0. The number of hydrogen-bond donors (Lipinski definition) is 1. The van der Waals surface area contributed by atoms with Gasteiger partial charge in [-0.05, 0) is 12.1 Å². The molecule has 0 bridgehead atoms. The van der Waals surface area contributed by atoms with E-state index in [2.05, 4.69) is 5.32 Å². The van der Waals surface area contributed by atoms with Crippen LogP contribution in [0.15, 0.2) is 54.6 Å². The predicted molar refractivity (Wildman–Crippen MR) is 81.6 cm³/mol. The number of hydrogen-bond acceptors (Lipinski definition) is 3. The third-order valence-corrected chi connectivity index (χ3v) is 2.88. The molecule has 2 aromatic rings. The number of nitrogens with one attached hydrogen (secondary N) is 1. The molecule has 2 aromatic carbocycles. The Morgan fingerprint density at radius 3 is 2.38 bits per heavy atom. The molecule has 0 fully saturated rings. The number of para-hydroxylation sites is 2. The number of amides is 1. The summed E-state index contributed by atoms with van der Waals surface area (Å²) in [6.07, 6.45) is 0.290. The van der Waals surface area contributed by atoms with Crippen LogP contribution in [-0.4, -0.2) is 18.3 Å². The fraction of sp³-hybridized carbons (Fsp3) is 0.176. The van der Waals surface area contributed by atoms with E-state index in [4.69, 9.17) is 4.74 Å². The molecule has 4 heteroatoms. The Balaban J connectivity index is 1.92. The maximum Gasteiger partial charge on any atom is 0.221 e. The van der Waals surface area contributed by atoms with Crippen LogP contribution in [0.25, 0.3) is 0 Å². The van der Waals surface area contributed by atoms with E-state index in [1.54, 1.807) is 24.3 Å². The van der Waals surface area contributed by atoms with Crippen molar-refractivity contribution in [3.63, 3.8) is 0 Å². The highest BCUT2D eigenvalue weighted by Crippen LogP contribution is 2.23. The molecule has 4 nitrogen and oxygen atoms in total. The van der Waals surface area contributed by atoms with Gasteiger partial charge in [-0.3, -0.25) is 9.59 Å². The van der Waals surface area contributed by atoms with Crippen LogP contribution in [0.4, 0.5) is 5.69 Å². The Bertz CT molecular complexity index is 623. The van der Waals surface area contributed by atoms with E-state index in [-0.39, 0.29) is 18.3 Å². The minimum absolute atomic E-state index is 0.0348. The average Bonchev–Trinajstić information content (AvgIpc) is 2.49. The normalized spacial score (nSPS) is 9.95. The zero-order valence-corrected chi connectivity index (χ0v) is 11.8. The summed E-state index contributed by atoms with van der Waals surface area (Å²) in [5.74, 6) is 0.438. The number of Topliss-reactive ketones (excluding diaryl/α,β-unsaturated/α-hetero) is 1. The number of ketones is 1. The number of rotatable bonds is 6. The number of benzene rings is 2. The predicted octanol–water partition coefficient (Wildman–Crippen LogP) is 3.30. The molecule has 108 valence electrons. The van der Waals surface area contributed by atoms with Gasteiger partial charge in [0, 0.05) is 18.9 Å². The molecule has 0 aromatic heterocycles. The molecule has 0 aliphatic carbocycles. The van der Waals surface area contributed by atoms with Crippen molar-refractivity contribution in [2.45, 2.75) is 13.3 Å². The molecule has 2 rings (SSSR count). The minimum atomic E-state index is -0.161. The van der Waals surface area contributed by atoms with Crippen molar-refractivity contribution in [2.24, 2.45) is 0 Å². The third kappa shape index (κ3) is 4.45. The Morgan fingerprint density at radius 2 is 1.67 bits per heavy atom. The average molecular weight is 283 g/mol. The second-order valence-electron chi connectivity index (χ2n) is 4.57. The van der Waals surface area contributed by atoms with E-state index in [0.717, 1.165) is 0 Å². The lowest BCUT2D eigenvalue weighted by molar-refractivity contribution is -0.114. The first-order valence-electron chi connectivity index (χ1n) is 6.74. The molecule has 1 amide bonds. The lowest BCUT2D eigenvalue weighted by atomic mass is 10.1. The van der Waals surface area contributed by atoms with Crippen molar-refractivity contribution in [2.75, 3.05) is 11.9 Å². The summed E-state index contributed by atoms with van der Waals surface area (Å²) in [4.78, 5) is 23.1. The van der Waals surface area contributed by atoms with E-state index in [0.29, 0.717) is 23.4 Å². The lowest BCUT2D eigenvalue weighted by Crippen LogP contribution is -2.10. The van der Waals surface area contributed by atoms with Gasteiger partial charge in [0.05, 0.1) is 12.3 Å². The van der Waals surface area contributed by atoms with E-state index >= 15 is 0 Å². The van der Waals surface area contributed by atoms with Crippen LogP contribution < -0.4 is 10.1 Å². The first-order chi connectivity index (χ1) is 10.2. The summed E-state index contributed by atoms with van der Waals surface area (Å²) in [6.45, 7) is 1.71. The van der Waals surface area contributed by atoms with Crippen molar-refractivity contribution < 1.29 is 14.3 Å². The van der Waals surface area contributed by atoms with Gasteiger partial charge in [0.25, 0.3) is 0 Å². The lowest BCUT2D eigenvalue weighted by Gasteiger charge is -2.11. The molecule has 0 saturated heterocycles. The molecule has 0 heterocycles. The first-order valence-corrected chi connectivity index (χ1v) is 6.74. The summed E-state index contributed by atoms with van der Waals surface area (Å²) >= 11 is 0. The molecule has 0 aliphatic rings. The van der Waals surface area contributed by atoms with Crippen molar-refractivity contribution in [3.05, 3.63) is 60.2 Å². The molecule has 21 heavy (non-hydrogen) atoms. The molecule has 0 radical (unpaired) electrons. The molecule has 0 atom stereocenters. The van der Waals surface area contributed by atoms with Crippen molar-refractivity contribution in [3.8, 4) is 5.75 Å². The van der Waals surface area contributed by atoms with Crippen molar-refractivity contribution >= 4 is 17.4 Å². The van der Waals surface area contributed by atoms with Gasteiger partial charge in [-0.25, -0.2) is 0 Å². The van der Waals surface area contributed by atoms with Gasteiger partial charge in [-0.1, -0.05) is 42.5 Å². The number of anilines is 1. The van der Waals surface area contributed by atoms with E-state index in [9.17, 15) is 9.59 Å². The summed E-state index contributed by atoms with van der Waals surface area (Å²) in [6, 6.07) is 16.3. The Morgan fingerprint density at radius 1 is 1.00 bits per heavy atom. The van der Waals surface area contributed by atoms with Gasteiger partial charge < -0.3 is 10.1 Å². The van der Waals surface area contributed by atoms with E-state index in [1.165, 1.54) is 6.92 Å². The number of carbonyl (C=O) groups excluding carboxylic acids is 2. The van der Waals surface area contributed by atoms with E-state index < -0.39 is 0 Å². The third-order valence-electron chi connectivity index (χ3n) is 2.88. The Hall–Kier alpha value is -2.62. The van der Waals surface area contributed by atoms with Gasteiger partial charge in [0.1, 0.15) is 5.75 Å². The maximum atomic E-state index is 11.9. The first kappa shape index (κ1) is 14.8. The minimum Gasteiger partial charge on any atom is -0.491 e. The topological polar surface area (TPSA) is 55.4 Å². The zero-order valence-electron chi connectivity index (χ0n) is 11.8. The fourth-order valence-electron chi connectivity index (χ4n) is 1.91. The molecule has 1 N–H and O–H groups in total. The van der Waals surface area contributed by atoms with Crippen LogP contribution >= 0.6 is 0 Å². The number of carbonyl (C=O) groups is 2. The SMILES string of the molecule is CC(=O)Nc1ccccc1OCCC(=O)c1ccccc1. The molecule has 0 saturated carbocycles. The monoisotopic (exact) mass is 283 g/mol. The molecular weight excluding hydrogens is 266 g/mol. The largest absolute Gasteiger partial charge is 0.491 e. The van der Waals surface area contributed by atoms with Gasteiger partial charge in [0.15, 0.2) is 5.78 Å². The van der Waals surface area contributed by atoms with Crippen LogP contribution in [0, 0.1) is 0 Å². The standard InChI is InChI=1S/C17H17NO3/c1-13(19)18-15-9-5-6-10-17(15)21-12-11-16(20)14-7-3-2-4-8-14/h2-10H,11-12H2,1H3,(H,18,19). The van der Waals surface area contributed by atoms with Gasteiger partial charge >= 0.3 is 0 Å². The Labute approximate surface area is 123 Å². The van der Waals surface area contributed by atoms with Gasteiger partial charge in [-0.15, -0.1) is 0 Å². The van der Waals surface area contributed by atoms with Crippen molar-refractivity contribution in [1.82, 2.24) is 0 Å². The fourth-order valence-corrected chi connectivity index (χ4v) is 1.91. The summed E-state index contributed by atoms with van der Waals surface area (Å²) in [5, 5.41) is 2.69. The molecule has 0 spiro atoms. The van der Waals surface area contributed by atoms with Gasteiger partial charge in [-0.2, -0.15) is 0 Å². The highest BCUT2D eigenvalue weighted by Gasteiger charge is 2.07. The Kier molecular flexibility index (Phi) is 5.10. The highest BCUT2D eigenvalue weighted by molar-refractivity contribution is 5.96. The highest BCUT2D eigenvalue weighted by atomic mass is 16.5. The molecular formula is C17H17NO3. The second-order valence-corrected chi connectivity index (χ2v) is 4.57. The summed E-state index contributed by atoms with van der Waals surface area (Å²) in [5.41, 5.74) is 1.29. The zero-order chi connectivity index (χ0) is 15.1. The van der Waals surface area contributed by atoms with Crippen molar-refractivity contribution in [1.29, 1.82) is 0 Å². The van der Waals surface area contributed by atoms with Crippen LogP contribution in [-0.2, 0) is 4.79 Å². The van der Waals surface area contributed by atoms with Crippen LogP contribution in [0.2, 0.25) is 0 Å². The van der Waals surface area contributed by atoms with E-state index in [1.807, 2.05) is 30.3 Å². The molecule has 0 aliphatic heterocycles. The quantitative estimate of drug-likeness (QED) is 0.828. The van der Waals surface area contributed by atoms with Crippen LogP contribution in [0.1, 0.15) is 23.7 Å². The molecule has 0 unspecified atom stereocenters.